The second-order valence-corrected chi connectivity index (χ2v) is 3.88. The minimum atomic E-state index is 0.722. The molecule has 0 aliphatic heterocycles. The first-order valence-corrected chi connectivity index (χ1v) is 5.14. The summed E-state index contributed by atoms with van der Waals surface area (Å²) in [6.07, 6.45) is 3.38. The molecule has 78 valence electrons. The number of hydrogen-bond acceptors (Lipinski definition) is 2. The zero-order valence-corrected chi connectivity index (χ0v) is 9.21. The minimum absolute atomic E-state index is 0.722. The van der Waals surface area contributed by atoms with Gasteiger partial charge in [0.05, 0.1) is 23.2 Å². The van der Waals surface area contributed by atoms with E-state index in [-0.39, 0.29) is 0 Å². The fraction of sp³-hybridized carbons (Fsp3) is 0.167. The van der Waals surface area contributed by atoms with Gasteiger partial charge in [0.1, 0.15) is 0 Å². The molecule has 0 unspecified atom stereocenters. The number of furan rings is 1. The van der Waals surface area contributed by atoms with Crippen LogP contribution in [0.5, 0.6) is 0 Å². The maximum Gasteiger partial charge on any atom is 0.0952 e. The van der Waals surface area contributed by atoms with Crippen molar-refractivity contribution in [1.29, 1.82) is 0 Å². The van der Waals surface area contributed by atoms with Gasteiger partial charge >= 0.3 is 0 Å². The van der Waals surface area contributed by atoms with Gasteiger partial charge in [-0.2, -0.15) is 0 Å². The predicted octanol–water partition coefficient (Wildman–Crippen LogP) is 3.85. The molecule has 0 radical (unpaired) electrons. The highest BCUT2D eigenvalue weighted by atomic mass is 35.5. The summed E-state index contributed by atoms with van der Waals surface area (Å²) in [6, 6.07) is 7.85. The lowest BCUT2D eigenvalue weighted by atomic mass is 10.2. The lowest BCUT2D eigenvalue weighted by Gasteiger charge is -2.07. The Morgan fingerprint density at radius 3 is 2.93 bits per heavy atom. The van der Waals surface area contributed by atoms with E-state index in [1.807, 2.05) is 31.2 Å². The first-order valence-electron chi connectivity index (χ1n) is 4.77. The summed E-state index contributed by atoms with van der Waals surface area (Å²) in [4.78, 5) is 0. The molecule has 15 heavy (non-hydrogen) atoms. The van der Waals surface area contributed by atoms with Gasteiger partial charge in [-0.25, -0.2) is 0 Å². The molecule has 0 atom stereocenters. The van der Waals surface area contributed by atoms with Gasteiger partial charge < -0.3 is 9.73 Å². The number of halogens is 1. The molecule has 0 amide bonds. The van der Waals surface area contributed by atoms with Crippen molar-refractivity contribution in [3.05, 3.63) is 52.9 Å². The van der Waals surface area contributed by atoms with Crippen LogP contribution in [0, 0.1) is 6.92 Å². The Labute approximate surface area is 93.9 Å². The number of aryl methyl sites for hydroxylation is 1. The first-order chi connectivity index (χ1) is 7.25. The van der Waals surface area contributed by atoms with Crippen molar-refractivity contribution < 1.29 is 4.42 Å². The summed E-state index contributed by atoms with van der Waals surface area (Å²) >= 11 is 6.05. The van der Waals surface area contributed by atoms with Gasteiger partial charge in [0, 0.05) is 12.1 Å². The van der Waals surface area contributed by atoms with Crippen LogP contribution in [-0.4, -0.2) is 0 Å². The molecule has 0 bridgehead atoms. The lowest BCUT2D eigenvalue weighted by molar-refractivity contribution is 0.564. The van der Waals surface area contributed by atoms with Crippen molar-refractivity contribution in [1.82, 2.24) is 0 Å². The van der Waals surface area contributed by atoms with E-state index in [2.05, 4.69) is 5.32 Å². The standard InChI is InChI=1S/C12H12ClNO/c1-9-2-3-11(13)12(6-9)14-7-10-4-5-15-8-10/h2-6,8,14H,7H2,1H3. The lowest BCUT2D eigenvalue weighted by Crippen LogP contribution is -1.98. The average molecular weight is 222 g/mol. The number of hydrogen-bond donors (Lipinski definition) is 1. The van der Waals surface area contributed by atoms with Crippen LogP contribution in [0.4, 0.5) is 5.69 Å². The van der Waals surface area contributed by atoms with Crippen LogP contribution in [0.3, 0.4) is 0 Å². The Balaban J connectivity index is 2.07. The SMILES string of the molecule is Cc1ccc(Cl)c(NCc2ccoc2)c1. The van der Waals surface area contributed by atoms with Crippen LogP contribution in [0.2, 0.25) is 5.02 Å². The monoisotopic (exact) mass is 221 g/mol. The van der Waals surface area contributed by atoms with E-state index in [0.717, 1.165) is 22.8 Å². The van der Waals surface area contributed by atoms with Crippen LogP contribution in [0.15, 0.2) is 41.2 Å². The molecular weight excluding hydrogens is 210 g/mol. The molecule has 2 aromatic rings. The van der Waals surface area contributed by atoms with Gasteiger partial charge in [0.25, 0.3) is 0 Å². The van der Waals surface area contributed by atoms with Crippen molar-refractivity contribution >= 4 is 17.3 Å². The average Bonchev–Trinajstić information content (AvgIpc) is 2.72. The van der Waals surface area contributed by atoms with Crippen molar-refractivity contribution in [3.63, 3.8) is 0 Å². The molecule has 0 saturated heterocycles. The molecule has 2 nitrogen and oxygen atoms in total. The maximum atomic E-state index is 6.05. The highest BCUT2D eigenvalue weighted by Gasteiger charge is 2.00. The number of anilines is 1. The van der Waals surface area contributed by atoms with Crippen molar-refractivity contribution in [2.75, 3.05) is 5.32 Å². The Morgan fingerprint density at radius 2 is 2.20 bits per heavy atom. The fourth-order valence-corrected chi connectivity index (χ4v) is 1.55. The second-order valence-electron chi connectivity index (χ2n) is 3.47. The van der Waals surface area contributed by atoms with Crippen molar-refractivity contribution in [3.8, 4) is 0 Å². The molecule has 1 aromatic carbocycles. The number of nitrogens with one attached hydrogen (secondary N) is 1. The number of benzene rings is 1. The second kappa shape index (κ2) is 4.41. The third-order valence-electron chi connectivity index (χ3n) is 2.18. The molecule has 0 saturated carbocycles. The first kappa shape index (κ1) is 10.1. The zero-order chi connectivity index (χ0) is 10.7. The zero-order valence-electron chi connectivity index (χ0n) is 8.46. The summed E-state index contributed by atoms with van der Waals surface area (Å²) in [7, 11) is 0. The van der Waals surface area contributed by atoms with E-state index in [1.165, 1.54) is 5.56 Å². The maximum absolute atomic E-state index is 6.05. The van der Waals surface area contributed by atoms with Gasteiger partial charge in [-0.1, -0.05) is 17.7 Å². The van der Waals surface area contributed by atoms with E-state index in [1.54, 1.807) is 12.5 Å². The fourth-order valence-electron chi connectivity index (χ4n) is 1.37. The summed E-state index contributed by atoms with van der Waals surface area (Å²) in [5.74, 6) is 0. The van der Waals surface area contributed by atoms with E-state index < -0.39 is 0 Å². The van der Waals surface area contributed by atoms with E-state index in [9.17, 15) is 0 Å². The van der Waals surface area contributed by atoms with Gasteiger partial charge in [0.15, 0.2) is 0 Å². The summed E-state index contributed by atoms with van der Waals surface area (Å²) < 4.78 is 4.98. The minimum Gasteiger partial charge on any atom is -0.472 e. The van der Waals surface area contributed by atoms with Crippen LogP contribution in [0.1, 0.15) is 11.1 Å². The summed E-state index contributed by atoms with van der Waals surface area (Å²) in [5, 5.41) is 4.00. The smallest absolute Gasteiger partial charge is 0.0952 e. The molecule has 0 spiro atoms. The van der Waals surface area contributed by atoms with E-state index >= 15 is 0 Å². The van der Waals surface area contributed by atoms with E-state index in [4.69, 9.17) is 16.0 Å². The number of rotatable bonds is 3. The largest absolute Gasteiger partial charge is 0.472 e. The van der Waals surface area contributed by atoms with Gasteiger partial charge in [0.2, 0.25) is 0 Å². The van der Waals surface area contributed by atoms with Gasteiger partial charge in [-0.15, -0.1) is 0 Å². The van der Waals surface area contributed by atoms with E-state index in [0.29, 0.717) is 0 Å². The van der Waals surface area contributed by atoms with Crippen molar-refractivity contribution in [2.24, 2.45) is 0 Å². The highest BCUT2D eigenvalue weighted by Crippen LogP contribution is 2.23. The third-order valence-corrected chi connectivity index (χ3v) is 2.51. The quantitative estimate of drug-likeness (QED) is 0.852. The summed E-state index contributed by atoms with van der Waals surface area (Å²) in [6.45, 7) is 2.76. The predicted molar refractivity (Wildman–Crippen MR) is 62.2 cm³/mol. The molecule has 0 aliphatic rings. The molecule has 1 aromatic heterocycles. The molecule has 0 fully saturated rings. The van der Waals surface area contributed by atoms with Gasteiger partial charge in [-0.05, 0) is 30.7 Å². The molecule has 1 heterocycles. The molecule has 3 heteroatoms. The van der Waals surface area contributed by atoms with Crippen LogP contribution in [0.25, 0.3) is 0 Å². The van der Waals surface area contributed by atoms with Crippen LogP contribution in [-0.2, 0) is 6.54 Å². The Bertz CT molecular complexity index is 437. The molecule has 1 N–H and O–H groups in total. The van der Waals surface area contributed by atoms with Crippen LogP contribution < -0.4 is 5.32 Å². The van der Waals surface area contributed by atoms with Crippen LogP contribution >= 0.6 is 11.6 Å². The third kappa shape index (κ3) is 2.54. The topological polar surface area (TPSA) is 25.2 Å². The van der Waals surface area contributed by atoms with Crippen molar-refractivity contribution in [2.45, 2.75) is 13.5 Å². The Morgan fingerprint density at radius 1 is 1.33 bits per heavy atom. The Kier molecular flexibility index (Phi) is 2.97. The Hall–Kier alpha value is -1.41. The van der Waals surface area contributed by atoms with Gasteiger partial charge in [-0.3, -0.25) is 0 Å². The molecule has 2 rings (SSSR count). The molecular formula is C12H12ClNO. The highest BCUT2D eigenvalue weighted by molar-refractivity contribution is 6.33. The normalized spacial score (nSPS) is 10.3. The summed E-state index contributed by atoms with van der Waals surface area (Å²) in [5.41, 5.74) is 3.25. The molecule has 0 aliphatic carbocycles.